The van der Waals surface area contributed by atoms with Gasteiger partial charge in [-0.15, -0.1) is 0 Å². The van der Waals surface area contributed by atoms with E-state index in [-0.39, 0.29) is 43.3 Å². The number of hydrogen-bond acceptors (Lipinski definition) is 10. The fourth-order valence-corrected chi connectivity index (χ4v) is 2.45. The molecule has 0 saturated heterocycles. The quantitative estimate of drug-likeness (QED) is 0.349. The zero-order chi connectivity index (χ0) is 25.8. The summed E-state index contributed by atoms with van der Waals surface area (Å²) in [7, 11) is 0. The van der Waals surface area contributed by atoms with Crippen LogP contribution >= 0.6 is 0 Å². The molecule has 0 amide bonds. The van der Waals surface area contributed by atoms with E-state index in [1.165, 1.54) is 12.1 Å². The fraction of sp³-hybridized carbons (Fsp3) is 0.583. The van der Waals surface area contributed by atoms with Gasteiger partial charge < -0.3 is 29.4 Å². The predicted molar refractivity (Wildman–Crippen MR) is 122 cm³/mol. The molecule has 0 bridgehead atoms. The number of ether oxygens (including phenoxy) is 5. The summed E-state index contributed by atoms with van der Waals surface area (Å²) in [6.45, 7) is 10.4. The standard InChI is InChI=1S/C24H35NO9/c1-7-21(26)33-19-10-9-17(12-20(19)34-22(27)8-2)11-18(25)23(28)31-15(5)16(6)32-24(29)30-13-14(3)4/h9-10,12,14-16,18H,7-8,11,13,25H2,1-6H3/t15-,16-,18-/m0/s1. The minimum absolute atomic E-state index is 0.0574. The summed E-state index contributed by atoms with van der Waals surface area (Å²) in [4.78, 5) is 47.5. The van der Waals surface area contributed by atoms with Crippen LogP contribution in [0.1, 0.15) is 59.9 Å². The van der Waals surface area contributed by atoms with Crippen molar-refractivity contribution in [3.8, 4) is 11.5 Å². The van der Waals surface area contributed by atoms with Crippen LogP contribution < -0.4 is 15.2 Å². The van der Waals surface area contributed by atoms with Gasteiger partial charge in [-0.2, -0.15) is 0 Å². The second-order valence-electron chi connectivity index (χ2n) is 8.17. The van der Waals surface area contributed by atoms with Gasteiger partial charge in [-0.1, -0.05) is 33.8 Å². The summed E-state index contributed by atoms with van der Waals surface area (Å²) in [5.74, 6) is -1.38. The van der Waals surface area contributed by atoms with Crippen molar-refractivity contribution in [1.82, 2.24) is 0 Å². The zero-order valence-electron chi connectivity index (χ0n) is 20.6. The smallest absolute Gasteiger partial charge is 0.458 e. The van der Waals surface area contributed by atoms with E-state index < -0.39 is 42.3 Å². The molecule has 34 heavy (non-hydrogen) atoms. The molecule has 0 unspecified atom stereocenters. The summed E-state index contributed by atoms with van der Waals surface area (Å²) >= 11 is 0. The minimum atomic E-state index is -1.04. The maximum Gasteiger partial charge on any atom is 0.508 e. The van der Waals surface area contributed by atoms with Crippen LogP contribution in [0.3, 0.4) is 0 Å². The summed E-state index contributed by atoms with van der Waals surface area (Å²) in [6, 6.07) is 3.52. The maximum absolute atomic E-state index is 12.4. The third-order valence-corrected chi connectivity index (χ3v) is 4.57. The fourth-order valence-electron chi connectivity index (χ4n) is 2.45. The molecule has 0 spiro atoms. The van der Waals surface area contributed by atoms with E-state index in [0.29, 0.717) is 5.56 Å². The zero-order valence-corrected chi connectivity index (χ0v) is 20.6. The van der Waals surface area contributed by atoms with E-state index in [1.54, 1.807) is 33.8 Å². The molecular formula is C24H35NO9. The topological polar surface area (TPSA) is 140 Å². The van der Waals surface area contributed by atoms with Crippen molar-refractivity contribution in [3.05, 3.63) is 23.8 Å². The van der Waals surface area contributed by atoms with Crippen LogP contribution in [0.25, 0.3) is 0 Å². The molecule has 2 N–H and O–H groups in total. The van der Waals surface area contributed by atoms with Gasteiger partial charge in [0.05, 0.1) is 6.61 Å². The van der Waals surface area contributed by atoms with Crippen LogP contribution in [-0.2, 0) is 35.0 Å². The van der Waals surface area contributed by atoms with Gasteiger partial charge in [0.2, 0.25) is 0 Å². The summed E-state index contributed by atoms with van der Waals surface area (Å²) in [6.07, 6.45) is -2.01. The van der Waals surface area contributed by atoms with E-state index >= 15 is 0 Å². The molecule has 0 aliphatic carbocycles. The number of rotatable bonds is 12. The van der Waals surface area contributed by atoms with E-state index in [2.05, 4.69) is 0 Å². The van der Waals surface area contributed by atoms with E-state index in [9.17, 15) is 19.2 Å². The van der Waals surface area contributed by atoms with E-state index in [0.717, 1.165) is 0 Å². The Morgan fingerprint density at radius 1 is 0.853 bits per heavy atom. The third kappa shape index (κ3) is 10.2. The van der Waals surface area contributed by atoms with Crippen molar-refractivity contribution >= 4 is 24.1 Å². The van der Waals surface area contributed by atoms with Crippen molar-refractivity contribution in [2.24, 2.45) is 11.7 Å². The Labute approximate surface area is 200 Å². The SMILES string of the molecule is CCC(=O)Oc1ccc(C[C@H](N)C(=O)O[C@@H](C)[C@H](C)OC(=O)OCC(C)C)cc1OC(=O)CC. The summed E-state index contributed by atoms with van der Waals surface area (Å²) in [5, 5.41) is 0. The molecule has 1 aromatic rings. The van der Waals surface area contributed by atoms with Crippen molar-refractivity contribution < 1.29 is 42.9 Å². The highest BCUT2D eigenvalue weighted by Gasteiger charge is 2.25. The van der Waals surface area contributed by atoms with E-state index in [1.807, 2.05) is 13.8 Å². The largest absolute Gasteiger partial charge is 0.508 e. The molecule has 0 aromatic heterocycles. The van der Waals surface area contributed by atoms with Crippen molar-refractivity contribution in [1.29, 1.82) is 0 Å². The highest BCUT2D eigenvalue weighted by atomic mass is 16.7. The number of carbonyl (C=O) groups is 4. The normalized spacial score (nSPS) is 13.4. The van der Waals surface area contributed by atoms with Crippen LogP contribution in [0.4, 0.5) is 4.79 Å². The van der Waals surface area contributed by atoms with Gasteiger partial charge >= 0.3 is 24.1 Å². The second-order valence-corrected chi connectivity index (χ2v) is 8.17. The van der Waals surface area contributed by atoms with Gasteiger partial charge in [-0.05, 0) is 43.9 Å². The Morgan fingerprint density at radius 3 is 1.97 bits per heavy atom. The number of benzene rings is 1. The van der Waals surface area contributed by atoms with Crippen LogP contribution in [-0.4, -0.2) is 48.9 Å². The number of nitrogens with two attached hydrogens (primary N) is 1. The van der Waals surface area contributed by atoms with Crippen LogP contribution in [0.2, 0.25) is 0 Å². The molecular weight excluding hydrogens is 446 g/mol. The maximum atomic E-state index is 12.4. The Bertz CT molecular complexity index is 853. The lowest BCUT2D eigenvalue weighted by Crippen LogP contribution is -2.39. The molecule has 3 atom stereocenters. The van der Waals surface area contributed by atoms with Gasteiger partial charge in [0.1, 0.15) is 18.2 Å². The second kappa shape index (κ2) is 14.2. The highest BCUT2D eigenvalue weighted by molar-refractivity contribution is 5.77. The molecule has 1 rings (SSSR count). The molecule has 1 aromatic carbocycles. The number of hydrogen-bond donors (Lipinski definition) is 1. The number of esters is 3. The Morgan fingerprint density at radius 2 is 1.41 bits per heavy atom. The van der Waals surface area contributed by atoms with Gasteiger partial charge in [0.15, 0.2) is 11.5 Å². The molecule has 10 nitrogen and oxygen atoms in total. The first-order chi connectivity index (χ1) is 16.0. The summed E-state index contributed by atoms with van der Waals surface area (Å²) in [5.41, 5.74) is 6.56. The van der Waals surface area contributed by atoms with Crippen molar-refractivity contribution in [2.75, 3.05) is 6.61 Å². The lowest BCUT2D eigenvalue weighted by molar-refractivity contribution is -0.155. The minimum Gasteiger partial charge on any atom is -0.458 e. The molecule has 190 valence electrons. The molecule has 0 heterocycles. The van der Waals surface area contributed by atoms with Crippen LogP contribution in [0, 0.1) is 5.92 Å². The molecule has 0 saturated carbocycles. The molecule has 0 fully saturated rings. The first kappa shape index (κ1) is 28.9. The molecule has 10 heteroatoms. The Hall–Kier alpha value is -3.14. The van der Waals surface area contributed by atoms with Gasteiger partial charge in [0, 0.05) is 12.8 Å². The first-order valence-corrected chi connectivity index (χ1v) is 11.3. The van der Waals surface area contributed by atoms with Gasteiger partial charge in [-0.25, -0.2) is 4.79 Å². The lowest BCUT2D eigenvalue weighted by atomic mass is 10.1. The summed E-state index contributed by atoms with van der Waals surface area (Å²) < 4.78 is 25.8. The Balaban J connectivity index is 2.77. The monoisotopic (exact) mass is 481 g/mol. The Kier molecular flexibility index (Phi) is 12.1. The highest BCUT2D eigenvalue weighted by Crippen LogP contribution is 2.30. The van der Waals surface area contributed by atoms with E-state index in [4.69, 9.17) is 29.4 Å². The predicted octanol–water partition coefficient (Wildman–Crippen LogP) is 3.32. The van der Waals surface area contributed by atoms with Crippen LogP contribution in [0.5, 0.6) is 11.5 Å². The average Bonchev–Trinajstić information content (AvgIpc) is 2.78. The third-order valence-electron chi connectivity index (χ3n) is 4.57. The first-order valence-electron chi connectivity index (χ1n) is 11.3. The van der Waals surface area contributed by atoms with Crippen LogP contribution in [0.15, 0.2) is 18.2 Å². The van der Waals surface area contributed by atoms with Crippen molar-refractivity contribution in [3.63, 3.8) is 0 Å². The lowest BCUT2D eigenvalue weighted by Gasteiger charge is -2.22. The van der Waals surface area contributed by atoms with Crippen molar-refractivity contribution in [2.45, 2.75) is 79.1 Å². The number of carbonyl (C=O) groups excluding carboxylic acids is 4. The molecule has 0 aliphatic rings. The average molecular weight is 482 g/mol. The molecule has 0 radical (unpaired) electrons. The van der Waals surface area contributed by atoms with Gasteiger partial charge in [-0.3, -0.25) is 14.4 Å². The van der Waals surface area contributed by atoms with Gasteiger partial charge in [0.25, 0.3) is 0 Å². The molecule has 0 aliphatic heterocycles.